The predicted octanol–water partition coefficient (Wildman–Crippen LogP) is 4.80. The Balaban J connectivity index is 1.68. The van der Waals surface area contributed by atoms with Crippen molar-refractivity contribution in [1.29, 1.82) is 0 Å². The Labute approximate surface area is 190 Å². The molecule has 164 valence electrons. The van der Waals surface area contributed by atoms with Crippen molar-refractivity contribution >= 4 is 40.0 Å². The first kappa shape index (κ1) is 23.0. The summed E-state index contributed by atoms with van der Waals surface area (Å²) in [5.41, 5.74) is 3.47. The quantitative estimate of drug-likeness (QED) is 0.404. The number of anilines is 1. The minimum Gasteiger partial charge on any atom is -0.465 e. The van der Waals surface area contributed by atoms with E-state index in [1.807, 2.05) is 37.6 Å². The van der Waals surface area contributed by atoms with Gasteiger partial charge in [-0.25, -0.2) is 4.79 Å². The van der Waals surface area contributed by atoms with E-state index in [-0.39, 0.29) is 11.7 Å². The summed E-state index contributed by atoms with van der Waals surface area (Å²) in [6, 6.07) is 8.27. The lowest BCUT2D eigenvalue weighted by molar-refractivity contribution is -0.113. The van der Waals surface area contributed by atoms with E-state index < -0.39 is 5.97 Å². The van der Waals surface area contributed by atoms with Gasteiger partial charge in [-0.1, -0.05) is 49.9 Å². The van der Waals surface area contributed by atoms with Gasteiger partial charge in [0.1, 0.15) is 5.00 Å². The molecular weight excluding hydrogens is 432 g/mol. The monoisotopic (exact) mass is 458 g/mol. The number of amides is 1. The second kappa shape index (κ2) is 9.65. The Bertz CT molecular complexity index is 1100. The topological polar surface area (TPSA) is 86.1 Å². The molecule has 2 aromatic heterocycles. The smallest absolute Gasteiger partial charge is 0.341 e. The van der Waals surface area contributed by atoms with Crippen molar-refractivity contribution in [3.8, 4) is 11.4 Å². The molecule has 9 heteroatoms. The second-order valence-corrected chi connectivity index (χ2v) is 9.62. The molecular formula is C22H26N4O3S2. The Morgan fingerprint density at radius 3 is 2.48 bits per heavy atom. The van der Waals surface area contributed by atoms with E-state index in [0.717, 1.165) is 21.8 Å². The number of thioether (sulfide) groups is 1. The number of aryl methyl sites for hydroxylation is 1. The summed E-state index contributed by atoms with van der Waals surface area (Å²) in [7, 11) is 3.21. The van der Waals surface area contributed by atoms with Gasteiger partial charge in [-0.2, -0.15) is 0 Å². The summed E-state index contributed by atoms with van der Waals surface area (Å²) in [6.07, 6.45) is 0. The molecule has 0 saturated heterocycles. The van der Waals surface area contributed by atoms with E-state index >= 15 is 0 Å². The van der Waals surface area contributed by atoms with Crippen LogP contribution in [0.15, 0.2) is 29.4 Å². The molecule has 0 saturated carbocycles. The summed E-state index contributed by atoms with van der Waals surface area (Å²) in [5.74, 6) is 0.687. The van der Waals surface area contributed by atoms with Gasteiger partial charge in [0.05, 0.1) is 18.4 Å². The number of ether oxygens (including phenoxy) is 1. The summed E-state index contributed by atoms with van der Waals surface area (Å²) in [4.78, 5) is 25.6. The van der Waals surface area contributed by atoms with Crippen LogP contribution in [0, 0.1) is 13.8 Å². The molecule has 1 amide bonds. The van der Waals surface area contributed by atoms with Crippen LogP contribution in [0.4, 0.5) is 5.00 Å². The lowest BCUT2D eigenvalue weighted by atomic mass is 10.0. The number of nitrogens with one attached hydrogen (secondary N) is 1. The van der Waals surface area contributed by atoms with Crippen LogP contribution in [-0.4, -0.2) is 39.5 Å². The van der Waals surface area contributed by atoms with Crippen LogP contribution in [0.2, 0.25) is 0 Å². The third kappa shape index (κ3) is 4.99. The molecule has 1 N–H and O–H groups in total. The first-order valence-corrected chi connectivity index (χ1v) is 11.6. The molecule has 1 aromatic carbocycles. The molecule has 7 nitrogen and oxygen atoms in total. The number of esters is 1. The molecule has 0 bridgehead atoms. The van der Waals surface area contributed by atoms with Crippen LogP contribution < -0.4 is 5.32 Å². The van der Waals surface area contributed by atoms with Crippen LogP contribution >= 0.6 is 23.1 Å². The highest BCUT2D eigenvalue weighted by molar-refractivity contribution is 7.99. The Hall–Kier alpha value is -2.65. The average molecular weight is 459 g/mol. The van der Waals surface area contributed by atoms with Crippen LogP contribution in [0.5, 0.6) is 0 Å². The van der Waals surface area contributed by atoms with Crippen molar-refractivity contribution in [3.63, 3.8) is 0 Å². The normalized spacial score (nSPS) is 11.1. The molecule has 0 radical (unpaired) electrons. The molecule has 2 heterocycles. The molecule has 0 unspecified atom stereocenters. The molecule has 0 aliphatic heterocycles. The standard InChI is InChI=1S/C22H26N4O3S2/c1-12(2)15-7-9-16(10-8-15)19-24-25-22(26(19)5)30-11-17(27)23-20-18(21(28)29-6)13(3)14(4)31-20/h7-10,12H,11H2,1-6H3,(H,23,27). The SMILES string of the molecule is COC(=O)c1c(NC(=O)CSc2nnc(-c3ccc(C(C)C)cc3)n2C)sc(C)c1C. The Morgan fingerprint density at radius 1 is 1.19 bits per heavy atom. The van der Waals surface area contributed by atoms with E-state index in [2.05, 4.69) is 41.5 Å². The third-order valence-electron chi connectivity index (χ3n) is 5.03. The molecule has 0 aliphatic rings. The first-order chi connectivity index (χ1) is 14.7. The van der Waals surface area contributed by atoms with E-state index in [1.165, 1.54) is 35.8 Å². The highest BCUT2D eigenvalue weighted by atomic mass is 32.2. The van der Waals surface area contributed by atoms with Gasteiger partial charge in [0.15, 0.2) is 11.0 Å². The van der Waals surface area contributed by atoms with E-state index in [9.17, 15) is 9.59 Å². The van der Waals surface area contributed by atoms with Gasteiger partial charge in [-0.15, -0.1) is 21.5 Å². The largest absolute Gasteiger partial charge is 0.465 e. The Morgan fingerprint density at radius 2 is 1.87 bits per heavy atom. The molecule has 3 aromatic rings. The number of benzene rings is 1. The number of rotatable bonds is 7. The van der Waals surface area contributed by atoms with Crippen LogP contribution in [0.25, 0.3) is 11.4 Å². The third-order valence-corrected chi connectivity index (χ3v) is 7.17. The maximum absolute atomic E-state index is 12.5. The van der Waals surface area contributed by atoms with Crippen molar-refractivity contribution in [2.24, 2.45) is 7.05 Å². The first-order valence-electron chi connectivity index (χ1n) is 9.83. The second-order valence-electron chi connectivity index (χ2n) is 7.46. The number of thiophene rings is 1. The summed E-state index contributed by atoms with van der Waals surface area (Å²) in [5, 5.41) is 12.5. The maximum Gasteiger partial charge on any atom is 0.341 e. The van der Waals surface area contributed by atoms with Crippen LogP contribution in [-0.2, 0) is 16.6 Å². The number of aromatic nitrogens is 3. The zero-order valence-corrected chi connectivity index (χ0v) is 20.1. The molecule has 0 atom stereocenters. The van der Waals surface area contributed by atoms with Crippen molar-refractivity contribution in [1.82, 2.24) is 14.8 Å². The van der Waals surface area contributed by atoms with E-state index in [1.54, 1.807) is 0 Å². The Kier molecular flexibility index (Phi) is 7.17. The minimum absolute atomic E-state index is 0.148. The predicted molar refractivity (Wildman–Crippen MR) is 125 cm³/mol. The molecule has 31 heavy (non-hydrogen) atoms. The number of carbonyl (C=O) groups excluding carboxylic acids is 2. The van der Waals surface area contributed by atoms with Gasteiger partial charge in [0, 0.05) is 17.5 Å². The van der Waals surface area contributed by atoms with Gasteiger partial charge in [-0.3, -0.25) is 4.79 Å². The zero-order valence-electron chi connectivity index (χ0n) is 18.5. The van der Waals surface area contributed by atoms with Gasteiger partial charge >= 0.3 is 5.97 Å². The average Bonchev–Trinajstić information content (AvgIpc) is 3.24. The fourth-order valence-electron chi connectivity index (χ4n) is 3.06. The van der Waals surface area contributed by atoms with Crippen molar-refractivity contribution in [2.75, 3.05) is 18.2 Å². The van der Waals surface area contributed by atoms with Gasteiger partial charge < -0.3 is 14.6 Å². The lowest BCUT2D eigenvalue weighted by Crippen LogP contribution is -2.16. The molecule has 0 fully saturated rings. The van der Waals surface area contributed by atoms with Gasteiger partial charge in [0.2, 0.25) is 5.91 Å². The van der Waals surface area contributed by atoms with E-state index in [0.29, 0.717) is 21.6 Å². The number of hydrogen-bond acceptors (Lipinski definition) is 7. The highest BCUT2D eigenvalue weighted by Crippen LogP contribution is 2.33. The number of carbonyl (C=O) groups is 2. The summed E-state index contributed by atoms with van der Waals surface area (Å²) >= 11 is 2.66. The lowest BCUT2D eigenvalue weighted by Gasteiger charge is -2.08. The highest BCUT2D eigenvalue weighted by Gasteiger charge is 2.22. The fourth-order valence-corrected chi connectivity index (χ4v) is 4.84. The van der Waals surface area contributed by atoms with Gasteiger partial charge in [0.25, 0.3) is 0 Å². The maximum atomic E-state index is 12.5. The minimum atomic E-state index is -0.453. The van der Waals surface area contributed by atoms with E-state index in [4.69, 9.17) is 4.74 Å². The molecule has 3 rings (SSSR count). The number of methoxy groups -OCH3 is 1. The zero-order chi connectivity index (χ0) is 22.7. The number of nitrogens with zero attached hydrogens (tertiary/aromatic N) is 3. The van der Waals surface area contributed by atoms with Crippen molar-refractivity contribution in [3.05, 3.63) is 45.8 Å². The molecule has 0 spiro atoms. The summed E-state index contributed by atoms with van der Waals surface area (Å²) < 4.78 is 6.73. The van der Waals surface area contributed by atoms with Gasteiger partial charge in [-0.05, 0) is 30.9 Å². The fraction of sp³-hybridized carbons (Fsp3) is 0.364. The van der Waals surface area contributed by atoms with Crippen molar-refractivity contribution in [2.45, 2.75) is 38.8 Å². The number of hydrogen-bond donors (Lipinski definition) is 1. The summed E-state index contributed by atoms with van der Waals surface area (Å²) in [6.45, 7) is 8.07. The van der Waals surface area contributed by atoms with Crippen LogP contribution in [0.1, 0.15) is 46.1 Å². The van der Waals surface area contributed by atoms with Crippen molar-refractivity contribution < 1.29 is 14.3 Å². The molecule has 0 aliphatic carbocycles. The van der Waals surface area contributed by atoms with Crippen LogP contribution in [0.3, 0.4) is 0 Å².